The Morgan fingerprint density at radius 1 is 1.08 bits per heavy atom. The lowest BCUT2D eigenvalue weighted by Crippen LogP contribution is -2.14. The first-order valence-electron chi connectivity index (χ1n) is 7.90. The van der Waals surface area contributed by atoms with Gasteiger partial charge in [0.25, 0.3) is 0 Å². The molecular weight excluding hydrogens is 334 g/mol. The fraction of sp³-hybridized carbons (Fsp3) is 0.211. The van der Waals surface area contributed by atoms with Gasteiger partial charge in [-0.25, -0.2) is 0 Å². The third-order valence-corrected chi connectivity index (χ3v) is 5.03. The standard InChI is InChI=1S/C19H19N3O2S/c1-13(17(23)14-7-5-4-6-8-14)25-19-21-20-18(22(19)2)15-9-11-16(24-3)12-10-15/h4-13H,1-3H3. The number of thioether (sulfide) groups is 1. The molecule has 1 aromatic heterocycles. The molecule has 0 spiro atoms. The van der Waals surface area contributed by atoms with Crippen LogP contribution in [-0.2, 0) is 7.05 Å². The molecule has 0 aliphatic rings. The van der Waals surface area contributed by atoms with E-state index in [2.05, 4.69) is 10.2 Å². The van der Waals surface area contributed by atoms with Crippen LogP contribution in [0.5, 0.6) is 5.75 Å². The number of hydrogen-bond acceptors (Lipinski definition) is 5. The van der Waals surface area contributed by atoms with Crippen LogP contribution in [0.25, 0.3) is 11.4 Å². The van der Waals surface area contributed by atoms with E-state index in [0.717, 1.165) is 17.1 Å². The maximum atomic E-state index is 12.5. The van der Waals surface area contributed by atoms with E-state index < -0.39 is 0 Å². The van der Waals surface area contributed by atoms with Crippen molar-refractivity contribution in [3.63, 3.8) is 0 Å². The van der Waals surface area contributed by atoms with E-state index in [4.69, 9.17) is 4.74 Å². The summed E-state index contributed by atoms with van der Waals surface area (Å²) in [6.45, 7) is 1.89. The van der Waals surface area contributed by atoms with E-state index in [1.54, 1.807) is 7.11 Å². The van der Waals surface area contributed by atoms with Gasteiger partial charge in [0.1, 0.15) is 5.75 Å². The fourth-order valence-electron chi connectivity index (χ4n) is 2.46. The first-order valence-corrected chi connectivity index (χ1v) is 8.78. The predicted molar refractivity (Wildman–Crippen MR) is 99.1 cm³/mol. The van der Waals surface area contributed by atoms with Crippen LogP contribution in [0, 0.1) is 0 Å². The third-order valence-electron chi connectivity index (χ3n) is 3.89. The molecule has 5 nitrogen and oxygen atoms in total. The number of Topliss-reactive ketones (excluding diaryl/α,β-unsaturated/α-hetero) is 1. The summed E-state index contributed by atoms with van der Waals surface area (Å²) in [5.74, 6) is 1.63. The Bertz CT molecular complexity index is 860. The quantitative estimate of drug-likeness (QED) is 0.498. The molecule has 25 heavy (non-hydrogen) atoms. The van der Waals surface area contributed by atoms with Crippen LogP contribution in [0.2, 0.25) is 0 Å². The van der Waals surface area contributed by atoms with Crippen LogP contribution in [0.4, 0.5) is 0 Å². The maximum absolute atomic E-state index is 12.5. The van der Waals surface area contributed by atoms with Crippen molar-refractivity contribution in [2.45, 2.75) is 17.3 Å². The molecule has 6 heteroatoms. The zero-order valence-corrected chi connectivity index (χ0v) is 15.2. The molecule has 0 saturated heterocycles. The summed E-state index contributed by atoms with van der Waals surface area (Å²) in [5.41, 5.74) is 1.66. The first kappa shape index (κ1) is 17.2. The molecular formula is C19H19N3O2S. The van der Waals surface area contributed by atoms with Gasteiger partial charge >= 0.3 is 0 Å². The highest BCUT2D eigenvalue weighted by Crippen LogP contribution is 2.28. The summed E-state index contributed by atoms with van der Waals surface area (Å²) in [7, 11) is 3.54. The van der Waals surface area contributed by atoms with E-state index in [0.29, 0.717) is 10.7 Å². The molecule has 3 aromatic rings. The van der Waals surface area contributed by atoms with Gasteiger partial charge in [-0.15, -0.1) is 10.2 Å². The largest absolute Gasteiger partial charge is 0.497 e. The topological polar surface area (TPSA) is 57.0 Å². The monoisotopic (exact) mass is 353 g/mol. The predicted octanol–water partition coefficient (Wildman–Crippen LogP) is 3.85. The Balaban J connectivity index is 1.77. The molecule has 0 fully saturated rings. The summed E-state index contributed by atoms with van der Waals surface area (Å²) in [6, 6.07) is 17.0. The number of methoxy groups -OCH3 is 1. The summed E-state index contributed by atoms with van der Waals surface area (Å²) >= 11 is 1.41. The zero-order valence-electron chi connectivity index (χ0n) is 14.3. The highest BCUT2D eigenvalue weighted by molar-refractivity contribution is 8.00. The van der Waals surface area contributed by atoms with Crippen LogP contribution in [0.3, 0.4) is 0 Å². The number of ketones is 1. The van der Waals surface area contributed by atoms with E-state index >= 15 is 0 Å². The Kier molecular flexibility index (Phi) is 5.19. The van der Waals surface area contributed by atoms with E-state index in [1.165, 1.54) is 11.8 Å². The van der Waals surface area contributed by atoms with Crippen LogP contribution in [0.15, 0.2) is 59.8 Å². The number of benzene rings is 2. The molecule has 0 amide bonds. The van der Waals surface area contributed by atoms with Crippen molar-refractivity contribution in [1.29, 1.82) is 0 Å². The number of hydrogen-bond donors (Lipinski definition) is 0. The van der Waals surface area contributed by atoms with Gasteiger partial charge in [-0.2, -0.15) is 0 Å². The molecule has 1 heterocycles. The van der Waals surface area contributed by atoms with E-state index in [-0.39, 0.29) is 11.0 Å². The highest BCUT2D eigenvalue weighted by Gasteiger charge is 2.20. The zero-order chi connectivity index (χ0) is 17.8. The Morgan fingerprint density at radius 2 is 1.76 bits per heavy atom. The molecule has 0 aliphatic carbocycles. The van der Waals surface area contributed by atoms with Gasteiger partial charge in [-0.05, 0) is 31.2 Å². The summed E-state index contributed by atoms with van der Waals surface area (Å²) in [5, 5.41) is 8.98. The van der Waals surface area contributed by atoms with Crippen molar-refractivity contribution in [2.24, 2.45) is 7.05 Å². The van der Waals surface area contributed by atoms with Gasteiger partial charge in [0.05, 0.1) is 12.4 Å². The minimum Gasteiger partial charge on any atom is -0.497 e. The molecule has 3 rings (SSSR count). The molecule has 2 aromatic carbocycles. The Hall–Kier alpha value is -2.60. The van der Waals surface area contributed by atoms with Crippen LogP contribution in [0.1, 0.15) is 17.3 Å². The molecule has 0 bridgehead atoms. The van der Waals surface area contributed by atoms with Gasteiger partial charge in [-0.3, -0.25) is 4.79 Å². The van der Waals surface area contributed by atoms with Crippen molar-refractivity contribution in [3.05, 3.63) is 60.2 Å². The second-order valence-electron chi connectivity index (χ2n) is 5.58. The highest BCUT2D eigenvalue weighted by atomic mass is 32.2. The summed E-state index contributed by atoms with van der Waals surface area (Å²) in [6.07, 6.45) is 0. The minimum atomic E-state index is -0.242. The van der Waals surface area contributed by atoms with Crippen molar-refractivity contribution in [2.75, 3.05) is 7.11 Å². The molecule has 1 atom stereocenters. The SMILES string of the molecule is COc1ccc(-c2nnc(SC(C)C(=O)c3ccccc3)n2C)cc1. The first-order chi connectivity index (χ1) is 12.1. The lowest BCUT2D eigenvalue weighted by atomic mass is 10.1. The van der Waals surface area contributed by atoms with E-state index in [1.807, 2.05) is 73.1 Å². The number of carbonyl (C=O) groups excluding carboxylic acids is 1. The maximum Gasteiger partial charge on any atom is 0.191 e. The third kappa shape index (κ3) is 3.74. The van der Waals surface area contributed by atoms with Gasteiger partial charge in [0.2, 0.25) is 0 Å². The van der Waals surface area contributed by atoms with E-state index in [9.17, 15) is 4.79 Å². The van der Waals surface area contributed by atoms with Gasteiger partial charge < -0.3 is 9.30 Å². The smallest absolute Gasteiger partial charge is 0.191 e. The fourth-order valence-corrected chi connectivity index (χ4v) is 3.35. The average Bonchev–Trinajstić information content (AvgIpc) is 3.02. The normalized spacial score (nSPS) is 12.0. The molecule has 0 saturated carbocycles. The molecule has 0 N–H and O–H groups in total. The van der Waals surface area contributed by atoms with Gasteiger partial charge in [0.15, 0.2) is 16.8 Å². The number of nitrogens with zero attached hydrogens (tertiary/aromatic N) is 3. The van der Waals surface area contributed by atoms with Gasteiger partial charge in [0, 0.05) is 18.2 Å². The number of aromatic nitrogens is 3. The lowest BCUT2D eigenvalue weighted by molar-refractivity contribution is 0.0994. The number of rotatable bonds is 6. The molecule has 1 unspecified atom stereocenters. The second kappa shape index (κ2) is 7.53. The Labute approximate surface area is 151 Å². The number of carbonyl (C=O) groups is 1. The minimum absolute atomic E-state index is 0.0830. The molecule has 128 valence electrons. The van der Waals surface area contributed by atoms with Crippen LogP contribution >= 0.6 is 11.8 Å². The molecule has 0 radical (unpaired) electrons. The number of ether oxygens (including phenoxy) is 1. The summed E-state index contributed by atoms with van der Waals surface area (Å²) < 4.78 is 7.08. The van der Waals surface area contributed by atoms with Crippen molar-refractivity contribution < 1.29 is 9.53 Å². The van der Waals surface area contributed by atoms with Gasteiger partial charge in [-0.1, -0.05) is 42.1 Å². The lowest BCUT2D eigenvalue weighted by Gasteiger charge is -2.10. The van der Waals surface area contributed by atoms with Crippen molar-refractivity contribution in [3.8, 4) is 17.1 Å². The average molecular weight is 353 g/mol. The second-order valence-corrected chi connectivity index (χ2v) is 6.89. The van der Waals surface area contributed by atoms with Crippen LogP contribution in [-0.4, -0.2) is 32.9 Å². The Morgan fingerprint density at radius 3 is 2.40 bits per heavy atom. The van der Waals surface area contributed by atoms with Crippen molar-refractivity contribution in [1.82, 2.24) is 14.8 Å². The van der Waals surface area contributed by atoms with Crippen molar-refractivity contribution >= 4 is 17.5 Å². The van der Waals surface area contributed by atoms with Crippen LogP contribution < -0.4 is 4.74 Å². The summed E-state index contributed by atoms with van der Waals surface area (Å²) in [4.78, 5) is 12.5. The molecule has 0 aliphatic heterocycles.